The number of rotatable bonds is 3. The molecule has 5 unspecified atom stereocenters. The Balaban J connectivity index is 0.00000220. The molecule has 0 aliphatic carbocycles. The number of carboxylic acids is 1. The predicted molar refractivity (Wildman–Crippen MR) is 66.8 cm³/mol. The van der Waals surface area contributed by atoms with Crippen LogP contribution < -0.4 is 40.0 Å². The van der Waals surface area contributed by atoms with Crippen molar-refractivity contribution < 1.29 is 59.5 Å². The topological polar surface area (TPSA) is 122 Å². The molecule has 1 fully saturated rings. The Labute approximate surface area is 143 Å². The zero-order valence-corrected chi connectivity index (χ0v) is 13.8. The number of hydrogen-bond acceptors (Lipinski definition) is 7. The number of aromatic carboxylic acids is 1. The van der Waals surface area contributed by atoms with Crippen LogP contribution in [0.25, 0.3) is 0 Å². The summed E-state index contributed by atoms with van der Waals surface area (Å²) in [6, 6.07) is 5.68. The van der Waals surface area contributed by atoms with Gasteiger partial charge in [0.15, 0.2) is 6.23 Å². The monoisotopic (exact) mass is 305 g/mol. The maximum absolute atomic E-state index is 10.6. The van der Waals surface area contributed by atoms with E-state index >= 15 is 0 Å². The van der Waals surface area contributed by atoms with E-state index in [1.807, 2.05) is 0 Å². The van der Waals surface area contributed by atoms with Crippen molar-refractivity contribution in [1.29, 1.82) is 0 Å². The first-order valence-corrected chi connectivity index (χ1v) is 6.17. The summed E-state index contributed by atoms with van der Waals surface area (Å²) in [4.78, 5) is 10.6. The fourth-order valence-corrected chi connectivity index (χ4v) is 2.04. The van der Waals surface area contributed by atoms with Crippen LogP contribution >= 0.6 is 0 Å². The molecule has 5 atom stereocenters. The number of aliphatic hydroxyl groups is 3. The quantitative estimate of drug-likeness (QED) is 0.414. The molecule has 0 aromatic heterocycles. The van der Waals surface area contributed by atoms with Crippen molar-refractivity contribution in [2.75, 3.05) is 5.32 Å². The first-order valence-electron chi connectivity index (χ1n) is 6.17. The van der Waals surface area contributed by atoms with Gasteiger partial charge in [-0.25, -0.2) is 0 Å². The molecule has 0 saturated carbocycles. The average Bonchev–Trinajstić information content (AvgIpc) is 2.43. The Morgan fingerprint density at radius 3 is 2.24 bits per heavy atom. The van der Waals surface area contributed by atoms with E-state index in [0.29, 0.717) is 5.69 Å². The Morgan fingerprint density at radius 2 is 1.71 bits per heavy atom. The van der Waals surface area contributed by atoms with Crippen LogP contribution in [-0.4, -0.2) is 51.9 Å². The number of hydrogen-bond donors (Lipinski definition) is 4. The van der Waals surface area contributed by atoms with E-state index < -0.39 is 36.6 Å². The van der Waals surface area contributed by atoms with Crippen LogP contribution in [0.2, 0.25) is 0 Å². The van der Waals surface area contributed by atoms with Gasteiger partial charge in [-0.3, -0.25) is 0 Å². The molecule has 1 saturated heterocycles. The van der Waals surface area contributed by atoms with E-state index in [-0.39, 0.29) is 35.1 Å². The van der Waals surface area contributed by atoms with Gasteiger partial charge in [-0.2, -0.15) is 0 Å². The van der Waals surface area contributed by atoms with Gasteiger partial charge in [-0.1, -0.05) is 12.1 Å². The van der Waals surface area contributed by atoms with Gasteiger partial charge in [-0.15, -0.1) is 0 Å². The summed E-state index contributed by atoms with van der Waals surface area (Å²) < 4.78 is 5.36. The van der Waals surface area contributed by atoms with E-state index in [1.165, 1.54) is 24.3 Å². The number of carboxylic acid groups (broad SMARTS) is 1. The van der Waals surface area contributed by atoms with Gasteiger partial charge in [0, 0.05) is 5.69 Å². The van der Waals surface area contributed by atoms with E-state index in [9.17, 15) is 25.2 Å². The zero-order chi connectivity index (χ0) is 14.9. The maximum atomic E-state index is 10.6. The van der Waals surface area contributed by atoms with Gasteiger partial charge in [0.1, 0.15) is 18.3 Å². The summed E-state index contributed by atoms with van der Waals surface area (Å²) in [5.41, 5.74) is 0.541. The molecule has 2 rings (SSSR count). The van der Waals surface area contributed by atoms with E-state index in [1.54, 1.807) is 6.92 Å². The summed E-state index contributed by atoms with van der Waals surface area (Å²) in [7, 11) is 0. The van der Waals surface area contributed by atoms with Crippen LogP contribution in [0.1, 0.15) is 17.3 Å². The number of anilines is 1. The van der Waals surface area contributed by atoms with Crippen molar-refractivity contribution >= 4 is 11.7 Å². The molecular formula is C13H16NNaO6. The fraction of sp³-hybridized carbons (Fsp3) is 0.462. The minimum Gasteiger partial charge on any atom is -0.545 e. The summed E-state index contributed by atoms with van der Waals surface area (Å²) in [5, 5.41) is 42.5. The van der Waals surface area contributed by atoms with Gasteiger partial charge in [0.05, 0.1) is 12.1 Å². The smallest absolute Gasteiger partial charge is 0.545 e. The molecule has 0 spiro atoms. The molecule has 1 heterocycles. The molecule has 1 aliphatic heterocycles. The molecule has 0 radical (unpaired) electrons. The minimum atomic E-state index is -1.32. The van der Waals surface area contributed by atoms with Crippen LogP contribution in [0, 0.1) is 0 Å². The third-order valence-corrected chi connectivity index (χ3v) is 3.28. The van der Waals surface area contributed by atoms with Gasteiger partial charge in [0.2, 0.25) is 0 Å². The van der Waals surface area contributed by atoms with Crippen LogP contribution in [0.15, 0.2) is 24.3 Å². The number of ether oxygens (including phenoxy) is 1. The van der Waals surface area contributed by atoms with Crippen molar-refractivity contribution in [3.8, 4) is 0 Å². The van der Waals surface area contributed by atoms with Crippen molar-refractivity contribution in [3.05, 3.63) is 29.8 Å². The average molecular weight is 305 g/mol. The molecule has 1 aromatic rings. The van der Waals surface area contributed by atoms with E-state index in [0.717, 1.165) is 0 Å². The number of nitrogens with one attached hydrogen (secondary N) is 1. The van der Waals surface area contributed by atoms with Crippen molar-refractivity contribution in [2.45, 2.75) is 37.6 Å². The van der Waals surface area contributed by atoms with Crippen LogP contribution in [0.4, 0.5) is 5.69 Å². The second-order valence-electron chi connectivity index (χ2n) is 4.74. The standard InChI is InChI=1S/C13H17NO6.Na/c1-6-9(15)10(16)11(17)12(20-6)14-8-4-2-7(3-5-8)13(18)19;/h2-6,9-12,14-17H,1H3,(H,18,19);/q;+1/p-1. The molecule has 0 amide bonds. The largest absolute Gasteiger partial charge is 1.00 e. The Kier molecular flexibility index (Phi) is 6.61. The number of carbonyl (C=O) groups is 1. The third kappa shape index (κ3) is 4.17. The van der Waals surface area contributed by atoms with Crippen LogP contribution in [0.3, 0.4) is 0 Å². The molecule has 8 heteroatoms. The second kappa shape index (κ2) is 7.55. The SMILES string of the molecule is CC1OC(Nc2ccc(C(=O)[O-])cc2)C(O)C(O)C1O.[Na+]. The molecule has 110 valence electrons. The minimum absolute atomic E-state index is 0. The molecule has 4 N–H and O–H groups in total. The van der Waals surface area contributed by atoms with Crippen molar-refractivity contribution in [1.82, 2.24) is 0 Å². The number of benzene rings is 1. The Hall–Kier alpha value is -0.670. The first-order chi connectivity index (χ1) is 9.40. The molecular weight excluding hydrogens is 289 g/mol. The Morgan fingerprint density at radius 1 is 1.14 bits per heavy atom. The molecule has 7 nitrogen and oxygen atoms in total. The molecule has 1 aliphatic rings. The summed E-state index contributed by atoms with van der Waals surface area (Å²) in [6.07, 6.45) is -5.34. The van der Waals surface area contributed by atoms with Crippen molar-refractivity contribution in [3.63, 3.8) is 0 Å². The summed E-state index contributed by atoms with van der Waals surface area (Å²) in [5.74, 6) is -1.28. The van der Waals surface area contributed by atoms with E-state index in [4.69, 9.17) is 4.74 Å². The molecule has 0 bridgehead atoms. The molecule has 1 aromatic carbocycles. The van der Waals surface area contributed by atoms with Gasteiger partial charge in [-0.05, 0) is 24.6 Å². The van der Waals surface area contributed by atoms with Gasteiger partial charge in [0.25, 0.3) is 0 Å². The fourth-order valence-electron chi connectivity index (χ4n) is 2.04. The zero-order valence-electron chi connectivity index (χ0n) is 11.8. The van der Waals surface area contributed by atoms with Gasteiger partial charge < -0.3 is 35.3 Å². The normalized spacial score (nSPS) is 32.1. The van der Waals surface area contributed by atoms with Crippen molar-refractivity contribution in [2.24, 2.45) is 0 Å². The number of carbonyl (C=O) groups excluding carboxylic acids is 1. The van der Waals surface area contributed by atoms with Crippen LogP contribution in [-0.2, 0) is 4.74 Å². The Bertz CT molecular complexity index is 482. The molecule has 21 heavy (non-hydrogen) atoms. The third-order valence-electron chi connectivity index (χ3n) is 3.28. The second-order valence-corrected chi connectivity index (χ2v) is 4.74. The van der Waals surface area contributed by atoms with E-state index in [2.05, 4.69) is 5.32 Å². The first kappa shape index (κ1) is 18.4. The van der Waals surface area contributed by atoms with Crippen LogP contribution in [0.5, 0.6) is 0 Å². The van der Waals surface area contributed by atoms with Gasteiger partial charge >= 0.3 is 29.6 Å². The summed E-state index contributed by atoms with van der Waals surface area (Å²) >= 11 is 0. The number of aliphatic hydroxyl groups excluding tert-OH is 3. The maximum Gasteiger partial charge on any atom is 1.00 e. The summed E-state index contributed by atoms with van der Waals surface area (Å²) in [6.45, 7) is 1.58. The predicted octanol–water partition coefficient (Wildman–Crippen LogP) is -4.71.